The van der Waals surface area contributed by atoms with E-state index in [1.54, 1.807) is 12.1 Å². The van der Waals surface area contributed by atoms with Gasteiger partial charge in [-0.25, -0.2) is 4.79 Å². The predicted molar refractivity (Wildman–Crippen MR) is 127 cm³/mol. The van der Waals surface area contributed by atoms with Gasteiger partial charge in [-0.15, -0.1) is 0 Å². The molecule has 0 radical (unpaired) electrons. The lowest BCUT2D eigenvalue weighted by Crippen LogP contribution is -2.28. The average molecular weight is 417 g/mol. The third kappa shape index (κ3) is 5.85. The van der Waals surface area contributed by atoms with E-state index in [9.17, 15) is 9.59 Å². The lowest BCUT2D eigenvalue weighted by molar-refractivity contribution is 0.0940. The summed E-state index contributed by atoms with van der Waals surface area (Å²) in [4.78, 5) is 27.4. The van der Waals surface area contributed by atoms with Gasteiger partial charge < -0.3 is 20.9 Å². The number of nitrogens with one attached hydrogen (secondary N) is 3. The first-order chi connectivity index (χ1) is 14.8. The van der Waals surface area contributed by atoms with E-state index in [1.165, 1.54) is 0 Å². The Labute approximate surface area is 183 Å². The second-order valence-corrected chi connectivity index (χ2v) is 7.68. The number of hydrogen-bond acceptors (Lipinski definition) is 3. The summed E-state index contributed by atoms with van der Waals surface area (Å²) in [5.41, 5.74) is 4.57. The van der Waals surface area contributed by atoms with E-state index in [2.05, 4.69) is 16.0 Å². The van der Waals surface area contributed by atoms with Crippen LogP contribution in [0, 0.1) is 6.92 Å². The number of urea groups is 1. The fraction of sp³-hybridized carbons (Fsp3) is 0.200. The largest absolute Gasteiger partial charge is 0.377 e. The van der Waals surface area contributed by atoms with Crippen LogP contribution in [0.3, 0.4) is 0 Å². The van der Waals surface area contributed by atoms with E-state index in [1.807, 2.05) is 93.5 Å². The highest BCUT2D eigenvalue weighted by molar-refractivity contribution is 6.04. The van der Waals surface area contributed by atoms with Crippen LogP contribution in [-0.2, 0) is 0 Å². The van der Waals surface area contributed by atoms with Gasteiger partial charge in [0, 0.05) is 31.2 Å². The minimum Gasteiger partial charge on any atom is -0.377 e. The van der Waals surface area contributed by atoms with Crippen molar-refractivity contribution in [1.82, 2.24) is 5.32 Å². The lowest BCUT2D eigenvalue weighted by atomic mass is 10.1. The van der Waals surface area contributed by atoms with Crippen LogP contribution in [0.1, 0.15) is 34.5 Å². The standard InChI is InChI=1S/C25H28N4O2/c1-17-9-8-12-20(15-17)27-25(31)28-21-13-14-23(29(3)4)22(16-21)24(30)26-18(2)19-10-6-5-7-11-19/h5-16,18H,1-4H3,(H,26,30)(H2,27,28,31). The molecule has 1 atom stereocenters. The number of benzene rings is 3. The highest BCUT2D eigenvalue weighted by Crippen LogP contribution is 2.24. The average Bonchev–Trinajstić information content (AvgIpc) is 2.74. The van der Waals surface area contributed by atoms with Crippen LogP contribution in [0.5, 0.6) is 0 Å². The molecular formula is C25H28N4O2. The number of rotatable bonds is 6. The normalized spacial score (nSPS) is 11.4. The van der Waals surface area contributed by atoms with Crippen molar-refractivity contribution in [2.45, 2.75) is 19.9 Å². The first-order valence-corrected chi connectivity index (χ1v) is 10.2. The topological polar surface area (TPSA) is 73.5 Å². The zero-order valence-electron chi connectivity index (χ0n) is 18.3. The van der Waals surface area contributed by atoms with Crippen LogP contribution >= 0.6 is 0 Å². The molecule has 0 saturated carbocycles. The maximum absolute atomic E-state index is 13.1. The maximum Gasteiger partial charge on any atom is 0.323 e. The highest BCUT2D eigenvalue weighted by atomic mass is 16.2. The number of aryl methyl sites for hydroxylation is 1. The SMILES string of the molecule is Cc1cccc(NC(=O)Nc2ccc(N(C)C)c(C(=O)NC(C)c3ccccc3)c2)c1. The first-order valence-electron chi connectivity index (χ1n) is 10.2. The van der Waals surface area contributed by atoms with E-state index in [-0.39, 0.29) is 18.0 Å². The first kappa shape index (κ1) is 21.9. The van der Waals surface area contributed by atoms with Crippen LogP contribution in [0.4, 0.5) is 21.9 Å². The number of hydrogen-bond donors (Lipinski definition) is 3. The summed E-state index contributed by atoms with van der Waals surface area (Å²) in [5.74, 6) is -0.206. The monoisotopic (exact) mass is 416 g/mol. The zero-order chi connectivity index (χ0) is 22.4. The predicted octanol–water partition coefficient (Wildman–Crippen LogP) is 5.20. The molecule has 3 aromatic rings. The van der Waals surface area contributed by atoms with Gasteiger partial charge in [-0.3, -0.25) is 4.79 Å². The Bertz CT molecular complexity index is 1060. The Morgan fingerprint density at radius 2 is 1.52 bits per heavy atom. The Kier molecular flexibility index (Phi) is 6.92. The molecule has 0 fully saturated rings. The van der Waals surface area contributed by atoms with E-state index in [0.717, 1.165) is 16.8 Å². The molecule has 0 aromatic heterocycles. The molecule has 0 bridgehead atoms. The summed E-state index contributed by atoms with van der Waals surface area (Å²) in [6.45, 7) is 3.91. The van der Waals surface area contributed by atoms with Crippen molar-refractivity contribution in [2.75, 3.05) is 29.6 Å². The van der Waals surface area contributed by atoms with Gasteiger partial charge >= 0.3 is 6.03 Å². The minimum atomic E-state index is -0.368. The van der Waals surface area contributed by atoms with Crippen LogP contribution in [0.25, 0.3) is 0 Å². The van der Waals surface area contributed by atoms with Gasteiger partial charge in [-0.05, 0) is 55.3 Å². The Hall–Kier alpha value is -3.80. The van der Waals surface area contributed by atoms with E-state index in [0.29, 0.717) is 16.9 Å². The number of nitrogens with zero attached hydrogens (tertiary/aromatic N) is 1. The van der Waals surface area contributed by atoms with Gasteiger partial charge in [-0.1, -0.05) is 42.5 Å². The fourth-order valence-electron chi connectivity index (χ4n) is 3.30. The third-order valence-electron chi connectivity index (χ3n) is 4.90. The Morgan fingerprint density at radius 3 is 2.16 bits per heavy atom. The Balaban J connectivity index is 1.77. The van der Waals surface area contributed by atoms with Gasteiger partial charge in [-0.2, -0.15) is 0 Å². The van der Waals surface area contributed by atoms with Gasteiger partial charge in [0.05, 0.1) is 11.6 Å². The smallest absolute Gasteiger partial charge is 0.323 e. The molecule has 31 heavy (non-hydrogen) atoms. The highest BCUT2D eigenvalue weighted by Gasteiger charge is 2.17. The second-order valence-electron chi connectivity index (χ2n) is 7.68. The van der Waals surface area contributed by atoms with Gasteiger partial charge in [0.1, 0.15) is 0 Å². The minimum absolute atomic E-state index is 0.148. The van der Waals surface area contributed by atoms with Crippen LogP contribution in [0.15, 0.2) is 72.8 Å². The van der Waals surface area contributed by atoms with Gasteiger partial charge in [0.2, 0.25) is 0 Å². The molecule has 3 aromatic carbocycles. The van der Waals surface area contributed by atoms with E-state index < -0.39 is 0 Å². The summed E-state index contributed by atoms with van der Waals surface area (Å²) in [7, 11) is 3.76. The molecule has 6 heteroatoms. The van der Waals surface area contributed by atoms with Crippen molar-refractivity contribution in [1.29, 1.82) is 0 Å². The van der Waals surface area contributed by atoms with E-state index in [4.69, 9.17) is 0 Å². The summed E-state index contributed by atoms with van der Waals surface area (Å²) in [5, 5.41) is 8.66. The van der Waals surface area contributed by atoms with Crippen LogP contribution in [-0.4, -0.2) is 26.0 Å². The maximum atomic E-state index is 13.1. The summed E-state index contributed by atoms with van der Waals surface area (Å²) in [6.07, 6.45) is 0. The molecule has 3 rings (SSSR count). The number of carbonyl (C=O) groups is 2. The molecule has 0 saturated heterocycles. The third-order valence-corrected chi connectivity index (χ3v) is 4.90. The van der Waals surface area contributed by atoms with Crippen molar-refractivity contribution in [2.24, 2.45) is 0 Å². The molecule has 3 N–H and O–H groups in total. The summed E-state index contributed by atoms with van der Waals surface area (Å²) in [6, 6.07) is 22.1. The van der Waals surface area contributed by atoms with Gasteiger partial charge in [0.15, 0.2) is 0 Å². The molecule has 0 aliphatic heterocycles. The van der Waals surface area contributed by atoms with Crippen molar-refractivity contribution >= 4 is 29.0 Å². The van der Waals surface area contributed by atoms with Crippen LogP contribution < -0.4 is 20.9 Å². The molecule has 0 heterocycles. The van der Waals surface area contributed by atoms with Crippen molar-refractivity contribution < 1.29 is 9.59 Å². The van der Waals surface area contributed by atoms with Gasteiger partial charge in [0.25, 0.3) is 5.91 Å². The van der Waals surface area contributed by atoms with Crippen molar-refractivity contribution in [3.05, 3.63) is 89.5 Å². The molecule has 0 aliphatic rings. The fourth-order valence-corrected chi connectivity index (χ4v) is 3.30. The number of anilines is 3. The number of amides is 3. The zero-order valence-corrected chi connectivity index (χ0v) is 18.3. The molecule has 3 amide bonds. The molecule has 0 aliphatic carbocycles. The van der Waals surface area contributed by atoms with Crippen molar-refractivity contribution in [3.8, 4) is 0 Å². The summed E-state index contributed by atoms with van der Waals surface area (Å²) < 4.78 is 0. The molecule has 160 valence electrons. The van der Waals surface area contributed by atoms with Crippen LogP contribution in [0.2, 0.25) is 0 Å². The Morgan fingerprint density at radius 1 is 0.839 bits per heavy atom. The van der Waals surface area contributed by atoms with Crippen molar-refractivity contribution in [3.63, 3.8) is 0 Å². The second kappa shape index (κ2) is 9.80. The van der Waals surface area contributed by atoms with E-state index >= 15 is 0 Å². The molecular weight excluding hydrogens is 388 g/mol. The lowest BCUT2D eigenvalue weighted by Gasteiger charge is -2.20. The number of carbonyl (C=O) groups excluding carboxylic acids is 2. The molecule has 1 unspecified atom stereocenters. The quantitative estimate of drug-likeness (QED) is 0.517. The molecule has 0 spiro atoms. The molecule has 6 nitrogen and oxygen atoms in total. The summed E-state index contributed by atoms with van der Waals surface area (Å²) >= 11 is 0.